The molecule has 0 atom stereocenters. The van der Waals surface area contributed by atoms with Gasteiger partial charge in [0.2, 0.25) is 0 Å². The van der Waals surface area contributed by atoms with Crippen LogP contribution in [0.1, 0.15) is 5.56 Å². The highest BCUT2D eigenvalue weighted by Crippen LogP contribution is 2.18. The van der Waals surface area contributed by atoms with E-state index in [1.807, 2.05) is 30.3 Å². The predicted molar refractivity (Wildman–Crippen MR) is 66.6 cm³/mol. The number of hydrogen-bond acceptors (Lipinski definition) is 1. The van der Waals surface area contributed by atoms with Crippen LogP contribution in [0.15, 0.2) is 30.3 Å². The highest BCUT2D eigenvalue weighted by Gasteiger charge is 2.28. The molecule has 0 aliphatic carbocycles. The molecular weight excluding hydrogens is 311 g/mol. The van der Waals surface area contributed by atoms with Crippen molar-refractivity contribution >= 4 is 22.6 Å². The van der Waals surface area contributed by atoms with Crippen molar-refractivity contribution in [1.82, 2.24) is 4.90 Å². The van der Waals surface area contributed by atoms with E-state index in [4.69, 9.17) is 0 Å². The van der Waals surface area contributed by atoms with E-state index in [9.17, 15) is 8.78 Å². The van der Waals surface area contributed by atoms with Gasteiger partial charge in [-0.3, -0.25) is 4.90 Å². The van der Waals surface area contributed by atoms with Crippen molar-refractivity contribution in [1.29, 1.82) is 0 Å². The molecule has 0 bridgehead atoms. The van der Waals surface area contributed by atoms with E-state index in [0.29, 0.717) is 6.54 Å². The molecule has 15 heavy (non-hydrogen) atoms. The van der Waals surface area contributed by atoms with Crippen molar-refractivity contribution in [2.45, 2.75) is 12.5 Å². The fraction of sp³-hybridized carbons (Fsp3) is 0.455. The molecule has 0 radical (unpaired) electrons. The summed E-state index contributed by atoms with van der Waals surface area (Å²) in [5.41, 5.74) is 1.06. The number of halogens is 3. The second-order valence-electron chi connectivity index (χ2n) is 3.65. The molecule has 1 nitrogen and oxygen atoms in total. The van der Waals surface area contributed by atoms with Gasteiger partial charge in [-0.1, -0.05) is 52.9 Å². The zero-order valence-electron chi connectivity index (χ0n) is 8.59. The monoisotopic (exact) mass is 325 g/mol. The zero-order valence-corrected chi connectivity index (χ0v) is 10.7. The summed E-state index contributed by atoms with van der Waals surface area (Å²) in [5, 5.41) is 0. The zero-order chi connectivity index (χ0) is 11.3. The van der Waals surface area contributed by atoms with Crippen molar-refractivity contribution in [2.75, 3.05) is 18.0 Å². The van der Waals surface area contributed by atoms with Crippen LogP contribution in [0.3, 0.4) is 0 Å². The van der Waals surface area contributed by atoms with Crippen molar-refractivity contribution in [3.05, 3.63) is 35.9 Å². The summed E-state index contributed by atoms with van der Waals surface area (Å²) in [5.74, 6) is -2.59. The SMILES string of the molecule is CN(Cc1ccccc1)CC(F)(F)CI. The third-order valence-corrected chi connectivity index (χ3v) is 3.11. The number of rotatable bonds is 5. The van der Waals surface area contributed by atoms with Crippen LogP contribution in [0.2, 0.25) is 0 Å². The van der Waals surface area contributed by atoms with Crippen molar-refractivity contribution in [3.63, 3.8) is 0 Å². The Kier molecular flexibility index (Phi) is 4.92. The molecule has 4 heteroatoms. The Balaban J connectivity index is 2.46. The van der Waals surface area contributed by atoms with E-state index in [1.165, 1.54) is 0 Å². The molecule has 0 saturated heterocycles. The van der Waals surface area contributed by atoms with Crippen LogP contribution < -0.4 is 0 Å². The molecule has 0 unspecified atom stereocenters. The van der Waals surface area contributed by atoms with Crippen LogP contribution in [0.25, 0.3) is 0 Å². The van der Waals surface area contributed by atoms with Gasteiger partial charge in [0.25, 0.3) is 5.92 Å². The second kappa shape index (κ2) is 5.75. The predicted octanol–water partition coefficient (Wildman–Crippen LogP) is 3.19. The lowest BCUT2D eigenvalue weighted by Crippen LogP contribution is -2.35. The number of benzene rings is 1. The van der Waals surface area contributed by atoms with Crippen LogP contribution >= 0.6 is 22.6 Å². The average Bonchev–Trinajstić information content (AvgIpc) is 2.18. The van der Waals surface area contributed by atoms with Gasteiger partial charge in [0, 0.05) is 6.54 Å². The average molecular weight is 325 g/mol. The molecule has 0 fully saturated rings. The van der Waals surface area contributed by atoms with Crippen molar-refractivity contribution in [3.8, 4) is 0 Å². The van der Waals surface area contributed by atoms with Gasteiger partial charge in [-0.05, 0) is 12.6 Å². The molecule has 1 aromatic rings. The summed E-state index contributed by atoms with van der Waals surface area (Å²) in [6.45, 7) is 0.373. The van der Waals surface area contributed by atoms with Crippen LogP contribution in [0, 0.1) is 0 Å². The molecule has 0 amide bonds. The quantitative estimate of drug-likeness (QED) is 0.594. The standard InChI is InChI=1S/C11H14F2IN/c1-15(9-11(12,13)8-14)7-10-5-3-2-4-6-10/h2-6H,7-9H2,1H3. The topological polar surface area (TPSA) is 3.24 Å². The lowest BCUT2D eigenvalue weighted by molar-refractivity contribution is -0.00213. The molecular formula is C11H14F2IN. The van der Waals surface area contributed by atoms with Gasteiger partial charge in [-0.15, -0.1) is 0 Å². The first-order valence-corrected chi connectivity index (χ1v) is 6.22. The van der Waals surface area contributed by atoms with Crippen LogP contribution in [-0.4, -0.2) is 28.8 Å². The molecule has 0 N–H and O–H groups in total. The Hall–Kier alpha value is -0.230. The Morgan fingerprint density at radius 2 is 1.87 bits per heavy atom. The van der Waals surface area contributed by atoms with Gasteiger partial charge in [-0.25, -0.2) is 8.78 Å². The molecule has 0 saturated carbocycles. The van der Waals surface area contributed by atoms with Crippen LogP contribution in [0.4, 0.5) is 8.78 Å². The molecule has 1 aromatic carbocycles. The number of alkyl halides is 3. The number of nitrogens with zero attached hydrogens (tertiary/aromatic N) is 1. The van der Waals surface area contributed by atoms with Gasteiger partial charge >= 0.3 is 0 Å². The van der Waals surface area contributed by atoms with E-state index >= 15 is 0 Å². The first-order valence-electron chi connectivity index (χ1n) is 4.70. The van der Waals surface area contributed by atoms with Gasteiger partial charge in [-0.2, -0.15) is 0 Å². The van der Waals surface area contributed by atoms with Gasteiger partial charge in [0.05, 0.1) is 11.0 Å². The summed E-state index contributed by atoms with van der Waals surface area (Å²) < 4.78 is 26.0. The minimum absolute atomic E-state index is 0.135. The van der Waals surface area contributed by atoms with Crippen molar-refractivity contribution < 1.29 is 8.78 Å². The van der Waals surface area contributed by atoms with E-state index in [-0.39, 0.29) is 11.0 Å². The lowest BCUT2D eigenvalue weighted by atomic mass is 10.2. The van der Waals surface area contributed by atoms with Crippen LogP contribution in [0.5, 0.6) is 0 Å². The third kappa shape index (κ3) is 4.88. The Morgan fingerprint density at radius 3 is 2.40 bits per heavy atom. The highest BCUT2D eigenvalue weighted by molar-refractivity contribution is 14.1. The maximum atomic E-state index is 13.1. The molecule has 0 aliphatic rings. The van der Waals surface area contributed by atoms with Gasteiger partial charge in [0.1, 0.15) is 0 Å². The van der Waals surface area contributed by atoms with E-state index in [2.05, 4.69) is 0 Å². The fourth-order valence-electron chi connectivity index (χ4n) is 1.39. The smallest absolute Gasteiger partial charge is 0.269 e. The summed E-state index contributed by atoms with van der Waals surface area (Å²) in [6.07, 6.45) is 0. The van der Waals surface area contributed by atoms with Crippen molar-refractivity contribution in [2.24, 2.45) is 0 Å². The summed E-state index contributed by atoms with van der Waals surface area (Å²) in [7, 11) is 1.72. The van der Waals surface area contributed by atoms with Gasteiger partial charge in [0.15, 0.2) is 0 Å². The minimum Gasteiger partial charge on any atom is -0.296 e. The molecule has 84 valence electrons. The van der Waals surface area contributed by atoms with E-state index < -0.39 is 5.92 Å². The minimum atomic E-state index is -2.59. The Labute approximate surface area is 103 Å². The fourth-order valence-corrected chi connectivity index (χ4v) is 1.63. The first-order chi connectivity index (χ1) is 7.03. The summed E-state index contributed by atoms with van der Waals surface area (Å²) in [4.78, 5) is 1.65. The van der Waals surface area contributed by atoms with Gasteiger partial charge < -0.3 is 0 Å². The summed E-state index contributed by atoms with van der Waals surface area (Å²) in [6, 6.07) is 9.64. The highest BCUT2D eigenvalue weighted by atomic mass is 127. The molecule has 0 spiro atoms. The maximum Gasteiger partial charge on any atom is 0.269 e. The molecule has 0 aromatic heterocycles. The second-order valence-corrected chi connectivity index (χ2v) is 4.41. The van der Waals surface area contributed by atoms with Crippen LogP contribution in [-0.2, 0) is 6.54 Å². The maximum absolute atomic E-state index is 13.1. The van der Waals surface area contributed by atoms with E-state index in [0.717, 1.165) is 5.56 Å². The molecule has 0 heterocycles. The first kappa shape index (κ1) is 12.8. The molecule has 0 aliphatic heterocycles. The Morgan fingerprint density at radius 1 is 1.27 bits per heavy atom. The normalized spacial score (nSPS) is 12.1. The summed E-state index contributed by atoms with van der Waals surface area (Å²) >= 11 is 1.72. The van der Waals surface area contributed by atoms with E-state index in [1.54, 1.807) is 34.5 Å². The Bertz CT molecular complexity index is 290. The third-order valence-electron chi connectivity index (χ3n) is 1.99. The number of hydrogen-bond donors (Lipinski definition) is 0. The lowest BCUT2D eigenvalue weighted by Gasteiger charge is -2.22. The largest absolute Gasteiger partial charge is 0.296 e. The molecule has 1 rings (SSSR count).